The van der Waals surface area contributed by atoms with Gasteiger partial charge >= 0.3 is 0 Å². The van der Waals surface area contributed by atoms with Crippen LogP contribution in [0.25, 0.3) is 0 Å². The highest BCUT2D eigenvalue weighted by Gasteiger charge is 2.35. The molecule has 0 saturated carbocycles. The minimum absolute atomic E-state index is 0.448. The van der Waals surface area contributed by atoms with Crippen LogP contribution < -0.4 is 0 Å². The summed E-state index contributed by atoms with van der Waals surface area (Å²) in [6, 6.07) is 0. The lowest BCUT2D eigenvalue weighted by atomic mass is 9.63. The van der Waals surface area contributed by atoms with E-state index in [0.29, 0.717) is 10.8 Å². The molecule has 0 nitrogen and oxygen atoms in total. The first-order valence-electron chi connectivity index (χ1n) is 5.59. The molecular formula is C13H28. The Morgan fingerprint density at radius 2 is 1.08 bits per heavy atom. The molecule has 0 aromatic carbocycles. The van der Waals surface area contributed by atoms with E-state index in [1.165, 1.54) is 6.42 Å². The predicted molar refractivity (Wildman–Crippen MR) is 61.9 cm³/mol. The zero-order chi connectivity index (χ0) is 10.9. The minimum Gasteiger partial charge on any atom is -0.0622 e. The maximum atomic E-state index is 2.44. The fourth-order valence-corrected chi connectivity index (χ4v) is 2.22. The maximum absolute atomic E-state index is 2.44. The SMILES string of the molecule is CC(C)C(C)(CC(C)(C)C)C(C)C. The quantitative estimate of drug-likeness (QED) is 0.594. The van der Waals surface area contributed by atoms with E-state index in [0.717, 1.165) is 11.8 Å². The van der Waals surface area contributed by atoms with Gasteiger partial charge in [0.1, 0.15) is 0 Å². The summed E-state index contributed by atoms with van der Waals surface area (Å²) in [5.74, 6) is 1.54. The smallest absolute Gasteiger partial charge is 0.0275 e. The molecule has 0 fully saturated rings. The highest BCUT2D eigenvalue weighted by atomic mass is 14.4. The third-order valence-electron chi connectivity index (χ3n) is 3.55. The molecule has 0 saturated heterocycles. The topological polar surface area (TPSA) is 0 Å². The maximum Gasteiger partial charge on any atom is -0.0275 e. The Morgan fingerprint density at radius 3 is 1.15 bits per heavy atom. The summed E-state index contributed by atoms with van der Waals surface area (Å²) in [6.07, 6.45) is 1.31. The van der Waals surface area contributed by atoms with Crippen LogP contribution in [0.2, 0.25) is 0 Å². The number of hydrogen-bond donors (Lipinski definition) is 0. The van der Waals surface area contributed by atoms with Crippen molar-refractivity contribution in [2.75, 3.05) is 0 Å². The third kappa shape index (κ3) is 3.70. The molecule has 0 amide bonds. The van der Waals surface area contributed by atoms with Crippen molar-refractivity contribution in [3.05, 3.63) is 0 Å². The van der Waals surface area contributed by atoms with E-state index in [2.05, 4.69) is 55.4 Å². The third-order valence-corrected chi connectivity index (χ3v) is 3.55. The van der Waals surface area contributed by atoms with E-state index >= 15 is 0 Å². The number of hydrogen-bond acceptors (Lipinski definition) is 0. The van der Waals surface area contributed by atoms with Gasteiger partial charge in [0.05, 0.1) is 0 Å². The van der Waals surface area contributed by atoms with E-state index in [1.807, 2.05) is 0 Å². The van der Waals surface area contributed by atoms with Gasteiger partial charge in [-0.25, -0.2) is 0 Å². The standard InChI is InChI=1S/C13H28/c1-10(2)13(8,11(3)4)9-12(5,6)7/h10-11H,9H2,1-8H3. The highest BCUT2D eigenvalue weighted by Crippen LogP contribution is 2.44. The molecule has 0 atom stereocenters. The van der Waals surface area contributed by atoms with Crippen molar-refractivity contribution in [2.24, 2.45) is 22.7 Å². The van der Waals surface area contributed by atoms with Crippen LogP contribution in [-0.4, -0.2) is 0 Å². The minimum atomic E-state index is 0.448. The molecule has 0 aromatic rings. The second-order valence-corrected chi connectivity index (χ2v) is 6.55. The summed E-state index contributed by atoms with van der Waals surface area (Å²) >= 11 is 0. The lowest BCUT2D eigenvalue weighted by molar-refractivity contribution is 0.0740. The Balaban J connectivity index is 4.62. The van der Waals surface area contributed by atoms with Crippen molar-refractivity contribution in [3.63, 3.8) is 0 Å². The van der Waals surface area contributed by atoms with Gasteiger partial charge in [-0.05, 0) is 29.1 Å². The van der Waals surface area contributed by atoms with Crippen LogP contribution in [0.4, 0.5) is 0 Å². The molecule has 0 heteroatoms. The van der Waals surface area contributed by atoms with Crippen LogP contribution in [0.3, 0.4) is 0 Å². The monoisotopic (exact) mass is 184 g/mol. The zero-order valence-electron chi connectivity index (χ0n) is 10.9. The average molecular weight is 184 g/mol. The summed E-state index contributed by atoms with van der Waals surface area (Å²) in [7, 11) is 0. The molecule has 0 N–H and O–H groups in total. The van der Waals surface area contributed by atoms with Crippen molar-refractivity contribution < 1.29 is 0 Å². The van der Waals surface area contributed by atoms with Gasteiger partial charge in [0, 0.05) is 0 Å². The molecule has 80 valence electrons. The van der Waals surface area contributed by atoms with Crippen LogP contribution >= 0.6 is 0 Å². The van der Waals surface area contributed by atoms with Gasteiger partial charge in [0.15, 0.2) is 0 Å². The van der Waals surface area contributed by atoms with E-state index in [1.54, 1.807) is 0 Å². The fourth-order valence-electron chi connectivity index (χ4n) is 2.22. The highest BCUT2D eigenvalue weighted by molar-refractivity contribution is 4.85. The van der Waals surface area contributed by atoms with Crippen LogP contribution in [0.5, 0.6) is 0 Å². The molecule has 0 aliphatic carbocycles. The van der Waals surface area contributed by atoms with Gasteiger partial charge in [-0.3, -0.25) is 0 Å². The number of rotatable bonds is 3. The fraction of sp³-hybridized carbons (Fsp3) is 1.00. The Kier molecular flexibility index (Phi) is 4.02. The first kappa shape index (κ1) is 13.0. The molecule has 13 heavy (non-hydrogen) atoms. The first-order chi connectivity index (χ1) is 5.59. The van der Waals surface area contributed by atoms with Gasteiger partial charge in [-0.2, -0.15) is 0 Å². The van der Waals surface area contributed by atoms with Crippen LogP contribution in [0.15, 0.2) is 0 Å². The second kappa shape index (κ2) is 4.02. The molecular weight excluding hydrogens is 156 g/mol. The Labute approximate surface area is 85.1 Å². The van der Waals surface area contributed by atoms with Crippen LogP contribution in [0, 0.1) is 22.7 Å². The predicted octanol–water partition coefficient (Wildman–Crippen LogP) is 4.74. The lowest BCUT2D eigenvalue weighted by Crippen LogP contribution is -2.34. The molecule has 0 unspecified atom stereocenters. The van der Waals surface area contributed by atoms with E-state index in [9.17, 15) is 0 Å². The Hall–Kier alpha value is 0. The van der Waals surface area contributed by atoms with Crippen molar-refractivity contribution >= 4 is 0 Å². The Morgan fingerprint density at radius 1 is 0.769 bits per heavy atom. The lowest BCUT2D eigenvalue weighted by Gasteiger charge is -2.42. The molecule has 0 spiro atoms. The van der Waals surface area contributed by atoms with Gasteiger partial charge in [0.25, 0.3) is 0 Å². The molecule has 0 rings (SSSR count). The molecule has 0 aliphatic heterocycles. The van der Waals surface area contributed by atoms with Gasteiger partial charge < -0.3 is 0 Å². The Bertz CT molecular complexity index is 138. The average Bonchev–Trinajstić information content (AvgIpc) is 1.82. The molecule has 0 aliphatic rings. The van der Waals surface area contributed by atoms with E-state index < -0.39 is 0 Å². The van der Waals surface area contributed by atoms with Crippen LogP contribution in [-0.2, 0) is 0 Å². The van der Waals surface area contributed by atoms with Gasteiger partial charge in [-0.15, -0.1) is 0 Å². The zero-order valence-corrected chi connectivity index (χ0v) is 10.9. The van der Waals surface area contributed by atoms with Crippen molar-refractivity contribution in [1.82, 2.24) is 0 Å². The molecule has 0 radical (unpaired) electrons. The molecule has 0 bridgehead atoms. The largest absolute Gasteiger partial charge is 0.0622 e. The second-order valence-electron chi connectivity index (χ2n) is 6.55. The van der Waals surface area contributed by atoms with E-state index in [-0.39, 0.29) is 0 Å². The summed E-state index contributed by atoms with van der Waals surface area (Å²) in [6.45, 7) is 18.9. The molecule has 0 heterocycles. The van der Waals surface area contributed by atoms with Crippen molar-refractivity contribution in [1.29, 1.82) is 0 Å². The van der Waals surface area contributed by atoms with Crippen molar-refractivity contribution in [3.8, 4) is 0 Å². The normalized spacial score (nSPS) is 14.3. The van der Waals surface area contributed by atoms with Gasteiger partial charge in [0.2, 0.25) is 0 Å². The van der Waals surface area contributed by atoms with Gasteiger partial charge in [-0.1, -0.05) is 55.4 Å². The van der Waals surface area contributed by atoms with Crippen molar-refractivity contribution in [2.45, 2.75) is 61.8 Å². The van der Waals surface area contributed by atoms with E-state index in [4.69, 9.17) is 0 Å². The summed E-state index contributed by atoms with van der Waals surface area (Å²) < 4.78 is 0. The summed E-state index contributed by atoms with van der Waals surface area (Å²) in [4.78, 5) is 0. The van der Waals surface area contributed by atoms with Crippen LogP contribution in [0.1, 0.15) is 61.8 Å². The summed E-state index contributed by atoms with van der Waals surface area (Å²) in [5.41, 5.74) is 0.932. The summed E-state index contributed by atoms with van der Waals surface area (Å²) in [5, 5.41) is 0. The first-order valence-corrected chi connectivity index (χ1v) is 5.59. The molecule has 0 aromatic heterocycles.